The van der Waals surface area contributed by atoms with Gasteiger partial charge in [-0.05, 0) is 89.9 Å². The Morgan fingerprint density at radius 1 is 0.379 bits per heavy atom. The largest absolute Gasteiger partial charge is 0.462 e. The number of carbonyl (C=O) groups excluding carboxylic acids is 3. The molecular weight excluding hydrogens is 721 g/mol. The minimum Gasteiger partial charge on any atom is -0.462 e. The standard InChI is InChI=1S/C52H86O6/c1-4-7-10-13-16-19-22-24-25-26-28-30-33-36-39-42-45-51(54)57-48-49(47-56-50(53)44-41-38-35-32-29-21-18-15-12-9-6-3)58-52(55)46-43-40-37-34-31-27-23-20-17-14-11-8-5-2/h8-9,11-12,14,17-18,20-21,23,25-26,32,35,49H,4-7,10,13,15-16,19,22,24,27-31,33-34,36-48H2,1-3H3/b11-8-,12-9-,17-14-,21-18-,23-20-,26-25-,35-32-. The van der Waals surface area contributed by atoms with Crippen molar-refractivity contribution in [1.29, 1.82) is 0 Å². The van der Waals surface area contributed by atoms with Gasteiger partial charge < -0.3 is 14.2 Å². The summed E-state index contributed by atoms with van der Waals surface area (Å²) in [6.07, 6.45) is 58.6. The number of esters is 3. The quantitative estimate of drug-likeness (QED) is 0.0201. The molecule has 0 saturated heterocycles. The molecule has 0 bridgehead atoms. The van der Waals surface area contributed by atoms with Crippen molar-refractivity contribution < 1.29 is 28.6 Å². The summed E-state index contributed by atoms with van der Waals surface area (Å²) in [5.41, 5.74) is 0. The third-order valence-electron chi connectivity index (χ3n) is 9.68. The lowest BCUT2D eigenvalue weighted by Crippen LogP contribution is -2.30. The number of rotatable bonds is 41. The van der Waals surface area contributed by atoms with Gasteiger partial charge in [0.15, 0.2) is 6.10 Å². The number of hydrogen-bond donors (Lipinski definition) is 0. The minimum absolute atomic E-state index is 0.106. The van der Waals surface area contributed by atoms with E-state index in [-0.39, 0.29) is 37.5 Å². The number of hydrogen-bond acceptors (Lipinski definition) is 6. The van der Waals surface area contributed by atoms with Crippen LogP contribution in [0.2, 0.25) is 0 Å². The Morgan fingerprint density at radius 3 is 1.33 bits per heavy atom. The van der Waals surface area contributed by atoms with Crippen molar-refractivity contribution in [3.8, 4) is 0 Å². The van der Waals surface area contributed by atoms with E-state index < -0.39 is 6.10 Å². The molecule has 0 saturated carbocycles. The van der Waals surface area contributed by atoms with E-state index in [1.165, 1.54) is 57.8 Å². The van der Waals surface area contributed by atoms with Gasteiger partial charge in [0.2, 0.25) is 0 Å². The molecule has 0 N–H and O–H groups in total. The van der Waals surface area contributed by atoms with Crippen molar-refractivity contribution in [1.82, 2.24) is 0 Å². The van der Waals surface area contributed by atoms with Crippen molar-refractivity contribution in [3.05, 3.63) is 85.1 Å². The molecule has 0 fully saturated rings. The van der Waals surface area contributed by atoms with E-state index >= 15 is 0 Å². The van der Waals surface area contributed by atoms with Crippen LogP contribution in [0.25, 0.3) is 0 Å². The SMILES string of the molecule is CC\C=C/C=C\C=C/CCCCCCCC(=O)OC(COC(=O)CCC/C=C\C/C=C\C/C=C\CC)COC(=O)CCCCCCC/C=C\CCCCCCCCC. The van der Waals surface area contributed by atoms with E-state index in [2.05, 4.69) is 99.8 Å². The fourth-order valence-electron chi connectivity index (χ4n) is 6.16. The predicted molar refractivity (Wildman–Crippen MR) is 247 cm³/mol. The number of carbonyl (C=O) groups is 3. The minimum atomic E-state index is -0.809. The highest BCUT2D eigenvalue weighted by molar-refractivity contribution is 5.71. The molecule has 0 radical (unpaired) electrons. The van der Waals surface area contributed by atoms with Gasteiger partial charge in [-0.3, -0.25) is 14.4 Å². The molecule has 0 aromatic carbocycles. The molecular formula is C52H86O6. The van der Waals surface area contributed by atoms with Crippen molar-refractivity contribution in [3.63, 3.8) is 0 Å². The molecule has 1 unspecified atom stereocenters. The molecule has 0 aromatic heterocycles. The van der Waals surface area contributed by atoms with Gasteiger partial charge in [-0.15, -0.1) is 0 Å². The van der Waals surface area contributed by atoms with E-state index in [4.69, 9.17) is 14.2 Å². The normalized spacial score (nSPS) is 12.8. The highest BCUT2D eigenvalue weighted by Crippen LogP contribution is 2.13. The predicted octanol–water partition coefficient (Wildman–Crippen LogP) is 15.3. The molecule has 6 nitrogen and oxygen atoms in total. The zero-order chi connectivity index (χ0) is 42.3. The summed E-state index contributed by atoms with van der Waals surface area (Å²) < 4.78 is 16.7. The summed E-state index contributed by atoms with van der Waals surface area (Å²) in [5, 5.41) is 0. The van der Waals surface area contributed by atoms with Crippen LogP contribution in [-0.2, 0) is 28.6 Å². The molecule has 0 aromatic rings. The maximum atomic E-state index is 12.7. The maximum absolute atomic E-state index is 12.7. The van der Waals surface area contributed by atoms with E-state index in [1.807, 2.05) is 6.08 Å². The monoisotopic (exact) mass is 807 g/mol. The van der Waals surface area contributed by atoms with Crippen molar-refractivity contribution in [2.45, 2.75) is 213 Å². The van der Waals surface area contributed by atoms with Crippen LogP contribution in [0.15, 0.2) is 85.1 Å². The van der Waals surface area contributed by atoms with E-state index in [1.54, 1.807) is 0 Å². The van der Waals surface area contributed by atoms with Crippen LogP contribution >= 0.6 is 0 Å². The molecule has 6 heteroatoms. The van der Waals surface area contributed by atoms with Crippen LogP contribution in [0.4, 0.5) is 0 Å². The summed E-state index contributed by atoms with van der Waals surface area (Å²) in [5.74, 6) is -0.998. The molecule has 0 aliphatic heterocycles. The van der Waals surface area contributed by atoms with Gasteiger partial charge in [0.25, 0.3) is 0 Å². The topological polar surface area (TPSA) is 78.9 Å². The van der Waals surface area contributed by atoms with Crippen LogP contribution in [0.5, 0.6) is 0 Å². The number of unbranched alkanes of at least 4 members (excludes halogenated alkanes) is 18. The zero-order valence-electron chi connectivity index (χ0n) is 37.5. The summed E-state index contributed by atoms with van der Waals surface area (Å²) in [6, 6.07) is 0. The second-order valence-electron chi connectivity index (χ2n) is 15.3. The van der Waals surface area contributed by atoms with Gasteiger partial charge in [-0.1, -0.05) is 183 Å². The fourth-order valence-corrected chi connectivity index (χ4v) is 6.16. The van der Waals surface area contributed by atoms with Crippen LogP contribution in [0, 0.1) is 0 Å². The summed E-state index contributed by atoms with van der Waals surface area (Å²) >= 11 is 0. The van der Waals surface area contributed by atoms with E-state index in [0.29, 0.717) is 19.3 Å². The highest BCUT2D eigenvalue weighted by Gasteiger charge is 2.19. The van der Waals surface area contributed by atoms with E-state index in [0.717, 1.165) is 103 Å². The van der Waals surface area contributed by atoms with Crippen LogP contribution in [-0.4, -0.2) is 37.2 Å². The Kier molecular flexibility index (Phi) is 43.6. The Labute approximate surface area is 356 Å². The zero-order valence-corrected chi connectivity index (χ0v) is 37.5. The number of allylic oxidation sites excluding steroid dienone is 14. The maximum Gasteiger partial charge on any atom is 0.306 e. The van der Waals surface area contributed by atoms with Gasteiger partial charge in [-0.2, -0.15) is 0 Å². The molecule has 0 spiro atoms. The fraction of sp³-hybridized carbons (Fsp3) is 0.673. The third-order valence-corrected chi connectivity index (χ3v) is 9.68. The molecule has 0 aliphatic carbocycles. The summed E-state index contributed by atoms with van der Waals surface area (Å²) in [6.45, 7) is 6.29. The van der Waals surface area contributed by atoms with Crippen LogP contribution < -0.4 is 0 Å². The van der Waals surface area contributed by atoms with Crippen LogP contribution in [0.3, 0.4) is 0 Å². The molecule has 0 aliphatic rings. The number of ether oxygens (including phenoxy) is 3. The smallest absolute Gasteiger partial charge is 0.306 e. The molecule has 0 heterocycles. The highest BCUT2D eigenvalue weighted by atomic mass is 16.6. The van der Waals surface area contributed by atoms with Crippen molar-refractivity contribution in [2.75, 3.05) is 13.2 Å². The average Bonchev–Trinajstić information content (AvgIpc) is 3.22. The third kappa shape index (κ3) is 43.7. The van der Waals surface area contributed by atoms with E-state index in [9.17, 15) is 14.4 Å². The Hall–Kier alpha value is -3.41. The lowest BCUT2D eigenvalue weighted by molar-refractivity contribution is -0.167. The van der Waals surface area contributed by atoms with Crippen molar-refractivity contribution >= 4 is 17.9 Å². The summed E-state index contributed by atoms with van der Waals surface area (Å²) in [7, 11) is 0. The first-order chi connectivity index (χ1) is 28.5. The molecule has 58 heavy (non-hydrogen) atoms. The average molecular weight is 807 g/mol. The first-order valence-corrected chi connectivity index (χ1v) is 23.6. The Balaban J connectivity index is 4.46. The van der Waals surface area contributed by atoms with Gasteiger partial charge >= 0.3 is 17.9 Å². The molecule has 0 amide bonds. The molecule has 0 rings (SSSR count). The van der Waals surface area contributed by atoms with Gasteiger partial charge in [-0.25, -0.2) is 0 Å². The Morgan fingerprint density at radius 2 is 0.776 bits per heavy atom. The molecule has 330 valence electrons. The second-order valence-corrected chi connectivity index (χ2v) is 15.3. The van der Waals surface area contributed by atoms with Crippen LogP contribution in [0.1, 0.15) is 207 Å². The van der Waals surface area contributed by atoms with Crippen molar-refractivity contribution in [2.24, 2.45) is 0 Å². The van der Waals surface area contributed by atoms with Gasteiger partial charge in [0.05, 0.1) is 0 Å². The lowest BCUT2D eigenvalue weighted by atomic mass is 10.1. The first kappa shape index (κ1) is 54.6. The lowest BCUT2D eigenvalue weighted by Gasteiger charge is -2.18. The second kappa shape index (κ2) is 46.3. The molecule has 1 atom stereocenters. The van der Waals surface area contributed by atoms with Gasteiger partial charge in [0, 0.05) is 19.3 Å². The Bertz CT molecular complexity index is 1160. The first-order valence-electron chi connectivity index (χ1n) is 23.6. The summed E-state index contributed by atoms with van der Waals surface area (Å²) in [4.78, 5) is 37.8. The van der Waals surface area contributed by atoms with Gasteiger partial charge in [0.1, 0.15) is 13.2 Å².